The molecule has 4 rings (SSSR count). The molecule has 0 aliphatic heterocycles. The molecule has 31 heavy (non-hydrogen) atoms. The van der Waals surface area contributed by atoms with Gasteiger partial charge in [-0.2, -0.15) is 0 Å². The summed E-state index contributed by atoms with van der Waals surface area (Å²) in [6, 6.07) is 20.9. The number of thioether (sulfide) groups is 1. The van der Waals surface area contributed by atoms with Gasteiger partial charge in [-0.3, -0.25) is 4.79 Å². The molecule has 1 aliphatic carbocycles. The molecule has 1 N–H and O–H groups in total. The van der Waals surface area contributed by atoms with E-state index in [9.17, 15) is 9.18 Å². The minimum absolute atomic E-state index is 0.0880. The van der Waals surface area contributed by atoms with Crippen molar-refractivity contribution in [1.82, 2.24) is 5.32 Å². The lowest BCUT2D eigenvalue weighted by molar-refractivity contribution is -0.120. The second-order valence-electron chi connectivity index (χ2n) is 7.31. The molecular formula is C26H21BrFNOS. The number of allylic oxidation sites excluding steroid dienone is 2. The summed E-state index contributed by atoms with van der Waals surface area (Å²) in [4.78, 5) is 13.8. The summed E-state index contributed by atoms with van der Waals surface area (Å²) in [5.74, 6) is -0.388. The van der Waals surface area contributed by atoms with Crippen molar-refractivity contribution >= 4 is 50.8 Å². The first-order valence-corrected chi connectivity index (χ1v) is 11.9. The van der Waals surface area contributed by atoms with Crippen molar-refractivity contribution in [2.75, 3.05) is 6.26 Å². The highest BCUT2D eigenvalue weighted by atomic mass is 79.9. The van der Waals surface area contributed by atoms with Crippen LogP contribution in [0.3, 0.4) is 0 Å². The minimum Gasteiger partial charge on any atom is -0.352 e. The van der Waals surface area contributed by atoms with Gasteiger partial charge in [-0.25, -0.2) is 4.39 Å². The summed E-state index contributed by atoms with van der Waals surface area (Å²) >= 11 is 5.11. The van der Waals surface area contributed by atoms with E-state index in [2.05, 4.69) is 51.6 Å². The van der Waals surface area contributed by atoms with Crippen LogP contribution in [0.5, 0.6) is 0 Å². The topological polar surface area (TPSA) is 29.1 Å². The fraction of sp³-hybridized carbons (Fsp3) is 0.115. The van der Waals surface area contributed by atoms with Crippen molar-refractivity contribution in [1.29, 1.82) is 0 Å². The normalized spacial score (nSPS) is 13.8. The van der Waals surface area contributed by atoms with Gasteiger partial charge in [0.1, 0.15) is 5.82 Å². The third kappa shape index (κ3) is 5.35. The molecule has 0 spiro atoms. The standard InChI is InChI=1S/C26H21BrFNOS/c1-31-23-9-4-17(5-10-23)12-19-13-20(25-15-22(28)8-11-24(19)25)14-26(30)29-16-18-2-6-21(27)7-3-18/h2-13,15H,14,16H2,1H3,(H,29,30). The summed E-state index contributed by atoms with van der Waals surface area (Å²) in [6.45, 7) is 0.458. The van der Waals surface area contributed by atoms with Crippen LogP contribution in [0, 0.1) is 5.82 Å². The summed E-state index contributed by atoms with van der Waals surface area (Å²) in [6.07, 6.45) is 6.32. The van der Waals surface area contributed by atoms with E-state index in [1.807, 2.05) is 36.6 Å². The predicted octanol–water partition coefficient (Wildman–Crippen LogP) is 6.95. The van der Waals surface area contributed by atoms with Gasteiger partial charge in [-0.05, 0) is 88.2 Å². The second kappa shape index (κ2) is 9.67. The molecule has 1 aliphatic rings. The fourth-order valence-electron chi connectivity index (χ4n) is 3.56. The maximum atomic E-state index is 14.0. The first-order valence-electron chi connectivity index (χ1n) is 9.89. The first kappa shape index (κ1) is 21.6. The summed E-state index contributed by atoms with van der Waals surface area (Å²) < 4.78 is 15.0. The van der Waals surface area contributed by atoms with Crippen LogP contribution in [0.15, 0.2) is 82.2 Å². The number of halogens is 2. The summed E-state index contributed by atoms with van der Waals surface area (Å²) in [7, 11) is 0. The average Bonchev–Trinajstić information content (AvgIpc) is 3.10. The summed E-state index contributed by atoms with van der Waals surface area (Å²) in [5.41, 5.74) is 5.65. The van der Waals surface area contributed by atoms with E-state index in [0.717, 1.165) is 37.9 Å². The zero-order valence-electron chi connectivity index (χ0n) is 17.0. The number of carbonyl (C=O) groups is 1. The smallest absolute Gasteiger partial charge is 0.224 e. The number of carbonyl (C=O) groups excluding carboxylic acids is 1. The monoisotopic (exact) mass is 493 g/mol. The van der Waals surface area contributed by atoms with Gasteiger partial charge in [-0.1, -0.05) is 46.3 Å². The second-order valence-corrected chi connectivity index (χ2v) is 9.11. The fourth-order valence-corrected chi connectivity index (χ4v) is 4.23. The lowest BCUT2D eigenvalue weighted by atomic mass is 10.0. The van der Waals surface area contributed by atoms with Crippen LogP contribution in [-0.4, -0.2) is 12.2 Å². The maximum absolute atomic E-state index is 14.0. The van der Waals surface area contributed by atoms with Crippen molar-refractivity contribution in [2.24, 2.45) is 0 Å². The van der Waals surface area contributed by atoms with E-state index in [-0.39, 0.29) is 18.1 Å². The third-order valence-corrected chi connectivity index (χ3v) is 6.43. The van der Waals surface area contributed by atoms with Gasteiger partial charge in [0, 0.05) is 15.9 Å². The van der Waals surface area contributed by atoms with Gasteiger partial charge in [0.2, 0.25) is 5.91 Å². The van der Waals surface area contributed by atoms with Crippen LogP contribution in [0.4, 0.5) is 4.39 Å². The Hall–Kier alpha value is -2.63. The largest absolute Gasteiger partial charge is 0.352 e. The number of hydrogen-bond donors (Lipinski definition) is 1. The van der Waals surface area contributed by atoms with Crippen LogP contribution >= 0.6 is 27.7 Å². The van der Waals surface area contributed by atoms with E-state index in [4.69, 9.17) is 0 Å². The van der Waals surface area contributed by atoms with Crippen LogP contribution in [-0.2, 0) is 11.3 Å². The lowest BCUT2D eigenvalue weighted by Gasteiger charge is -2.08. The molecule has 0 bridgehead atoms. The van der Waals surface area contributed by atoms with Crippen LogP contribution in [0.2, 0.25) is 0 Å². The van der Waals surface area contributed by atoms with Crippen molar-refractivity contribution in [3.8, 4) is 0 Å². The minimum atomic E-state index is -0.300. The Morgan fingerprint density at radius 2 is 1.77 bits per heavy atom. The number of hydrogen-bond acceptors (Lipinski definition) is 2. The Morgan fingerprint density at radius 3 is 2.48 bits per heavy atom. The van der Waals surface area contributed by atoms with Crippen LogP contribution in [0.1, 0.15) is 28.7 Å². The molecule has 0 heterocycles. The van der Waals surface area contributed by atoms with Crippen molar-refractivity contribution in [3.05, 3.63) is 105 Å². The zero-order chi connectivity index (χ0) is 21.8. The van der Waals surface area contributed by atoms with E-state index < -0.39 is 0 Å². The van der Waals surface area contributed by atoms with Crippen molar-refractivity contribution in [2.45, 2.75) is 17.9 Å². The molecule has 3 aromatic carbocycles. The van der Waals surface area contributed by atoms with Gasteiger partial charge in [0.05, 0.1) is 6.42 Å². The predicted molar refractivity (Wildman–Crippen MR) is 131 cm³/mol. The van der Waals surface area contributed by atoms with Gasteiger partial charge in [0.15, 0.2) is 0 Å². The van der Waals surface area contributed by atoms with Crippen LogP contribution < -0.4 is 5.32 Å². The highest BCUT2D eigenvalue weighted by Gasteiger charge is 2.21. The Morgan fingerprint density at radius 1 is 1.03 bits per heavy atom. The Balaban J connectivity index is 1.53. The Labute approximate surface area is 194 Å². The molecule has 156 valence electrons. The molecule has 0 radical (unpaired) electrons. The van der Waals surface area contributed by atoms with Gasteiger partial charge in [0.25, 0.3) is 0 Å². The number of amides is 1. The maximum Gasteiger partial charge on any atom is 0.224 e. The molecule has 1 amide bonds. The SMILES string of the molecule is CSc1ccc(C=C2C=C(CC(=O)NCc3ccc(Br)cc3)c3cc(F)ccc32)cc1. The molecule has 0 atom stereocenters. The molecular weight excluding hydrogens is 473 g/mol. The molecule has 2 nitrogen and oxygen atoms in total. The highest BCUT2D eigenvalue weighted by Crippen LogP contribution is 2.38. The van der Waals surface area contributed by atoms with Crippen molar-refractivity contribution < 1.29 is 9.18 Å². The third-order valence-electron chi connectivity index (χ3n) is 5.16. The van der Waals surface area contributed by atoms with E-state index >= 15 is 0 Å². The molecule has 0 fully saturated rings. The Bertz CT molecular complexity index is 1170. The number of nitrogens with one attached hydrogen (secondary N) is 1. The number of fused-ring (bicyclic) bond motifs is 1. The van der Waals surface area contributed by atoms with E-state index in [1.54, 1.807) is 17.8 Å². The lowest BCUT2D eigenvalue weighted by Crippen LogP contribution is -2.22. The summed E-state index contributed by atoms with van der Waals surface area (Å²) in [5, 5.41) is 2.96. The van der Waals surface area contributed by atoms with Crippen molar-refractivity contribution in [3.63, 3.8) is 0 Å². The number of rotatable bonds is 6. The van der Waals surface area contributed by atoms with Gasteiger partial charge in [-0.15, -0.1) is 11.8 Å². The molecule has 0 unspecified atom stereocenters. The number of benzene rings is 3. The first-order chi connectivity index (χ1) is 15.0. The average molecular weight is 494 g/mol. The molecule has 5 heteroatoms. The molecule has 0 saturated carbocycles. The van der Waals surface area contributed by atoms with Gasteiger partial charge >= 0.3 is 0 Å². The quantitative estimate of drug-likeness (QED) is 0.376. The highest BCUT2D eigenvalue weighted by molar-refractivity contribution is 9.10. The van der Waals surface area contributed by atoms with E-state index in [1.165, 1.54) is 17.0 Å². The molecule has 0 aromatic heterocycles. The van der Waals surface area contributed by atoms with Gasteiger partial charge < -0.3 is 5.32 Å². The molecule has 0 saturated heterocycles. The Kier molecular flexibility index (Phi) is 6.73. The van der Waals surface area contributed by atoms with Crippen LogP contribution in [0.25, 0.3) is 17.2 Å². The molecule has 3 aromatic rings. The van der Waals surface area contributed by atoms with E-state index in [0.29, 0.717) is 6.54 Å². The zero-order valence-corrected chi connectivity index (χ0v) is 19.4.